The minimum Gasteiger partial charge on any atom is -0.394 e. The SMILES string of the molecule is C[C@H](CO)NC(=O)c1ccc(NCc2noc(C(C)(C)C)n2)cc1. The van der Waals surface area contributed by atoms with Crippen molar-refractivity contribution in [2.75, 3.05) is 11.9 Å². The van der Waals surface area contributed by atoms with E-state index in [9.17, 15) is 4.79 Å². The van der Waals surface area contributed by atoms with Crippen molar-refractivity contribution in [3.05, 3.63) is 41.5 Å². The molecule has 1 amide bonds. The lowest BCUT2D eigenvalue weighted by molar-refractivity contribution is 0.0922. The smallest absolute Gasteiger partial charge is 0.251 e. The van der Waals surface area contributed by atoms with Gasteiger partial charge in [0.2, 0.25) is 5.89 Å². The van der Waals surface area contributed by atoms with Gasteiger partial charge >= 0.3 is 0 Å². The Hall–Kier alpha value is -2.41. The molecule has 0 radical (unpaired) electrons. The van der Waals surface area contributed by atoms with Gasteiger partial charge in [0, 0.05) is 22.7 Å². The third kappa shape index (κ3) is 4.79. The molecular formula is C17H24N4O3. The minimum absolute atomic E-state index is 0.0906. The van der Waals surface area contributed by atoms with Gasteiger partial charge in [0.15, 0.2) is 5.82 Å². The number of rotatable bonds is 6. The summed E-state index contributed by atoms with van der Waals surface area (Å²) < 4.78 is 5.24. The maximum atomic E-state index is 11.9. The van der Waals surface area contributed by atoms with E-state index in [1.807, 2.05) is 32.9 Å². The molecule has 7 nitrogen and oxygen atoms in total. The molecule has 7 heteroatoms. The van der Waals surface area contributed by atoms with Crippen molar-refractivity contribution in [1.29, 1.82) is 0 Å². The first-order valence-electron chi connectivity index (χ1n) is 7.88. The fourth-order valence-corrected chi connectivity index (χ4v) is 1.90. The van der Waals surface area contributed by atoms with Crippen LogP contribution in [0.2, 0.25) is 0 Å². The summed E-state index contributed by atoms with van der Waals surface area (Å²) in [5.41, 5.74) is 1.21. The van der Waals surface area contributed by atoms with Crippen LogP contribution in [0, 0.1) is 0 Å². The van der Waals surface area contributed by atoms with Crippen molar-refractivity contribution in [1.82, 2.24) is 15.5 Å². The number of carbonyl (C=O) groups excluding carboxylic acids is 1. The number of hydrogen-bond acceptors (Lipinski definition) is 6. The van der Waals surface area contributed by atoms with Gasteiger partial charge in [-0.2, -0.15) is 4.98 Å². The van der Waals surface area contributed by atoms with Crippen LogP contribution in [-0.4, -0.2) is 33.8 Å². The van der Waals surface area contributed by atoms with Crippen LogP contribution in [0.4, 0.5) is 5.69 Å². The van der Waals surface area contributed by atoms with Crippen LogP contribution in [0.1, 0.15) is 49.8 Å². The summed E-state index contributed by atoms with van der Waals surface area (Å²) in [6, 6.07) is 6.79. The lowest BCUT2D eigenvalue weighted by Crippen LogP contribution is -2.34. The molecule has 1 aromatic heterocycles. The van der Waals surface area contributed by atoms with Crippen LogP contribution in [0.3, 0.4) is 0 Å². The van der Waals surface area contributed by atoms with Crippen LogP contribution >= 0.6 is 0 Å². The zero-order valence-corrected chi connectivity index (χ0v) is 14.5. The molecule has 3 N–H and O–H groups in total. The third-order valence-electron chi connectivity index (χ3n) is 3.36. The highest BCUT2D eigenvalue weighted by atomic mass is 16.5. The Morgan fingerprint density at radius 3 is 2.50 bits per heavy atom. The van der Waals surface area contributed by atoms with Crippen molar-refractivity contribution < 1.29 is 14.4 Å². The monoisotopic (exact) mass is 332 g/mol. The Morgan fingerprint density at radius 1 is 1.29 bits per heavy atom. The number of nitrogens with one attached hydrogen (secondary N) is 2. The second-order valence-electron chi connectivity index (χ2n) is 6.75. The highest BCUT2D eigenvalue weighted by Gasteiger charge is 2.21. The number of anilines is 1. The second-order valence-corrected chi connectivity index (χ2v) is 6.75. The summed E-state index contributed by atoms with van der Waals surface area (Å²) in [5, 5.41) is 18.8. The van der Waals surface area contributed by atoms with E-state index >= 15 is 0 Å². The van der Waals surface area contributed by atoms with E-state index < -0.39 is 0 Å². The number of aromatic nitrogens is 2. The second kappa shape index (κ2) is 7.44. The molecule has 1 aromatic carbocycles. The van der Waals surface area contributed by atoms with Crippen molar-refractivity contribution in [3.63, 3.8) is 0 Å². The summed E-state index contributed by atoms with van der Waals surface area (Å²) in [6.07, 6.45) is 0. The predicted molar refractivity (Wildman–Crippen MR) is 90.8 cm³/mol. The first-order valence-corrected chi connectivity index (χ1v) is 7.88. The van der Waals surface area contributed by atoms with Gasteiger partial charge in [-0.15, -0.1) is 0 Å². The van der Waals surface area contributed by atoms with E-state index in [0.29, 0.717) is 23.8 Å². The summed E-state index contributed by atoms with van der Waals surface area (Å²) in [5.74, 6) is 0.971. The van der Waals surface area contributed by atoms with Gasteiger partial charge in [0.05, 0.1) is 13.2 Å². The molecule has 2 rings (SSSR count). The number of aliphatic hydroxyl groups is 1. The largest absolute Gasteiger partial charge is 0.394 e. The molecule has 24 heavy (non-hydrogen) atoms. The topological polar surface area (TPSA) is 100 Å². The molecule has 0 aliphatic rings. The normalized spacial score (nSPS) is 12.7. The molecule has 2 aromatic rings. The first-order chi connectivity index (χ1) is 11.3. The van der Waals surface area contributed by atoms with E-state index in [2.05, 4.69) is 20.8 Å². The summed E-state index contributed by atoms with van der Waals surface area (Å²) in [4.78, 5) is 16.3. The number of carbonyl (C=O) groups is 1. The molecule has 1 atom stereocenters. The van der Waals surface area contributed by atoms with Crippen molar-refractivity contribution in [3.8, 4) is 0 Å². The number of amides is 1. The highest BCUT2D eigenvalue weighted by molar-refractivity contribution is 5.94. The van der Waals surface area contributed by atoms with E-state index in [1.165, 1.54) is 0 Å². The van der Waals surface area contributed by atoms with Crippen LogP contribution in [-0.2, 0) is 12.0 Å². The lowest BCUT2D eigenvalue weighted by atomic mass is 9.97. The Balaban J connectivity index is 1.92. The maximum Gasteiger partial charge on any atom is 0.251 e. The molecule has 0 fully saturated rings. The minimum atomic E-state index is -0.273. The molecule has 0 spiro atoms. The lowest BCUT2D eigenvalue weighted by Gasteiger charge is -2.11. The van der Waals surface area contributed by atoms with Crippen molar-refractivity contribution >= 4 is 11.6 Å². The summed E-state index contributed by atoms with van der Waals surface area (Å²) in [6.45, 7) is 8.13. The van der Waals surface area contributed by atoms with E-state index in [0.717, 1.165) is 5.69 Å². The standard InChI is InChI=1S/C17H24N4O3/c1-11(10-22)19-15(23)12-5-7-13(8-6-12)18-9-14-20-16(24-21-14)17(2,3)4/h5-8,11,18,22H,9-10H2,1-4H3,(H,19,23)/t11-/m1/s1. The molecule has 0 saturated carbocycles. The molecule has 0 unspecified atom stereocenters. The Bertz CT molecular complexity index is 674. The third-order valence-corrected chi connectivity index (χ3v) is 3.36. The van der Waals surface area contributed by atoms with Crippen LogP contribution in [0.15, 0.2) is 28.8 Å². The number of hydrogen-bond donors (Lipinski definition) is 3. The number of aliphatic hydroxyl groups excluding tert-OH is 1. The molecule has 0 bridgehead atoms. The molecule has 0 aliphatic carbocycles. The quantitative estimate of drug-likeness (QED) is 0.749. The van der Waals surface area contributed by atoms with Gasteiger partial charge in [-0.25, -0.2) is 0 Å². The van der Waals surface area contributed by atoms with Gasteiger partial charge < -0.3 is 20.3 Å². The highest BCUT2D eigenvalue weighted by Crippen LogP contribution is 2.20. The maximum absolute atomic E-state index is 11.9. The van der Waals surface area contributed by atoms with Gasteiger partial charge in [0.1, 0.15) is 0 Å². The predicted octanol–water partition coefficient (Wildman–Crippen LogP) is 2.09. The summed E-state index contributed by atoms with van der Waals surface area (Å²) in [7, 11) is 0. The Morgan fingerprint density at radius 2 is 1.96 bits per heavy atom. The van der Waals surface area contributed by atoms with Gasteiger partial charge in [-0.1, -0.05) is 25.9 Å². The Labute approximate surface area is 141 Å². The molecule has 1 heterocycles. The van der Waals surface area contributed by atoms with Crippen LogP contribution in [0.25, 0.3) is 0 Å². The Kier molecular flexibility index (Phi) is 5.56. The van der Waals surface area contributed by atoms with E-state index in [4.69, 9.17) is 9.63 Å². The van der Waals surface area contributed by atoms with E-state index in [1.54, 1.807) is 19.1 Å². The first kappa shape index (κ1) is 17.9. The molecule has 130 valence electrons. The number of benzene rings is 1. The fourth-order valence-electron chi connectivity index (χ4n) is 1.90. The average molecular weight is 332 g/mol. The molecular weight excluding hydrogens is 308 g/mol. The molecule has 0 saturated heterocycles. The van der Waals surface area contributed by atoms with Crippen molar-refractivity contribution in [2.45, 2.75) is 45.7 Å². The van der Waals surface area contributed by atoms with Crippen molar-refractivity contribution in [2.24, 2.45) is 0 Å². The fraction of sp³-hybridized carbons (Fsp3) is 0.471. The van der Waals surface area contributed by atoms with Gasteiger partial charge in [-0.3, -0.25) is 4.79 Å². The van der Waals surface area contributed by atoms with Gasteiger partial charge in [-0.05, 0) is 31.2 Å². The number of nitrogens with zero attached hydrogens (tertiary/aromatic N) is 2. The van der Waals surface area contributed by atoms with E-state index in [-0.39, 0.29) is 24.0 Å². The van der Waals surface area contributed by atoms with Crippen LogP contribution < -0.4 is 10.6 Å². The summed E-state index contributed by atoms with van der Waals surface area (Å²) >= 11 is 0. The average Bonchev–Trinajstić information content (AvgIpc) is 3.02. The zero-order chi connectivity index (χ0) is 17.7. The molecule has 0 aliphatic heterocycles. The van der Waals surface area contributed by atoms with Crippen LogP contribution in [0.5, 0.6) is 0 Å². The van der Waals surface area contributed by atoms with Gasteiger partial charge in [0.25, 0.3) is 5.91 Å². The zero-order valence-electron chi connectivity index (χ0n) is 14.5.